The van der Waals surface area contributed by atoms with Crippen LogP contribution in [0.25, 0.3) is 0 Å². The van der Waals surface area contributed by atoms with Crippen molar-refractivity contribution in [2.24, 2.45) is 5.92 Å². The number of aliphatic carboxylic acids is 1. The Morgan fingerprint density at radius 2 is 2.00 bits per heavy atom. The summed E-state index contributed by atoms with van der Waals surface area (Å²) >= 11 is 0. The number of aryl methyl sites for hydroxylation is 1. The lowest BCUT2D eigenvalue weighted by Crippen LogP contribution is -2.33. The van der Waals surface area contributed by atoms with Crippen LogP contribution in [0, 0.1) is 5.92 Å². The standard InChI is InChI=1S/C17H23NO2/c19-17(20)15-12-14-9-10-16(15)18(14)11-5-4-8-13-6-2-1-3-7-13/h1-3,6-7,14-16H,4-5,8-12H2,(H,19,20). The molecule has 2 bridgehead atoms. The monoisotopic (exact) mass is 273 g/mol. The van der Waals surface area contributed by atoms with Crippen LogP contribution in [-0.2, 0) is 11.2 Å². The van der Waals surface area contributed by atoms with E-state index in [0.717, 1.165) is 25.8 Å². The van der Waals surface area contributed by atoms with Crippen molar-refractivity contribution in [2.45, 2.75) is 50.6 Å². The average Bonchev–Trinajstić information content (AvgIpc) is 3.02. The van der Waals surface area contributed by atoms with Gasteiger partial charge in [0.15, 0.2) is 0 Å². The Balaban J connectivity index is 1.44. The number of hydrogen-bond donors (Lipinski definition) is 1. The Hall–Kier alpha value is -1.35. The molecule has 1 aromatic carbocycles. The smallest absolute Gasteiger partial charge is 0.308 e. The Kier molecular flexibility index (Phi) is 4.06. The second-order valence-corrected chi connectivity index (χ2v) is 6.16. The summed E-state index contributed by atoms with van der Waals surface area (Å²) in [6.45, 7) is 1.08. The fourth-order valence-corrected chi connectivity index (χ4v) is 3.98. The van der Waals surface area contributed by atoms with Gasteiger partial charge in [-0.15, -0.1) is 0 Å². The minimum absolute atomic E-state index is 0.108. The highest BCUT2D eigenvalue weighted by Gasteiger charge is 2.48. The molecular weight excluding hydrogens is 250 g/mol. The summed E-state index contributed by atoms with van der Waals surface area (Å²) in [4.78, 5) is 13.7. The first-order valence-corrected chi connectivity index (χ1v) is 7.78. The molecule has 3 atom stereocenters. The Morgan fingerprint density at radius 3 is 2.70 bits per heavy atom. The molecule has 0 saturated carbocycles. The summed E-state index contributed by atoms with van der Waals surface area (Å²) in [6.07, 6.45) is 6.66. The minimum atomic E-state index is -0.591. The first-order valence-electron chi connectivity index (χ1n) is 7.78. The van der Waals surface area contributed by atoms with Crippen LogP contribution >= 0.6 is 0 Å². The maximum Gasteiger partial charge on any atom is 0.308 e. The second kappa shape index (κ2) is 5.96. The zero-order valence-electron chi connectivity index (χ0n) is 11.9. The van der Waals surface area contributed by atoms with E-state index >= 15 is 0 Å². The molecule has 1 N–H and O–H groups in total. The van der Waals surface area contributed by atoms with E-state index in [1.165, 1.54) is 24.8 Å². The van der Waals surface area contributed by atoms with Gasteiger partial charge in [-0.2, -0.15) is 0 Å². The van der Waals surface area contributed by atoms with Crippen molar-refractivity contribution in [1.29, 1.82) is 0 Å². The third kappa shape index (κ3) is 2.73. The Bertz CT molecular complexity index is 459. The molecule has 3 heteroatoms. The number of unbranched alkanes of at least 4 members (excludes halogenated alkanes) is 1. The van der Waals surface area contributed by atoms with Gasteiger partial charge < -0.3 is 5.11 Å². The van der Waals surface area contributed by atoms with Crippen LogP contribution in [0.2, 0.25) is 0 Å². The van der Waals surface area contributed by atoms with Gasteiger partial charge in [0, 0.05) is 12.1 Å². The van der Waals surface area contributed by atoms with Crippen LogP contribution in [0.1, 0.15) is 37.7 Å². The third-order valence-corrected chi connectivity index (χ3v) is 4.97. The molecule has 2 heterocycles. The van der Waals surface area contributed by atoms with Crippen molar-refractivity contribution in [1.82, 2.24) is 4.90 Å². The highest BCUT2D eigenvalue weighted by Crippen LogP contribution is 2.41. The van der Waals surface area contributed by atoms with Gasteiger partial charge in [-0.3, -0.25) is 9.69 Å². The largest absolute Gasteiger partial charge is 0.481 e. The van der Waals surface area contributed by atoms with Crippen molar-refractivity contribution < 1.29 is 9.90 Å². The van der Waals surface area contributed by atoms with Crippen LogP contribution in [0.3, 0.4) is 0 Å². The summed E-state index contributed by atoms with van der Waals surface area (Å²) in [5, 5.41) is 9.25. The van der Waals surface area contributed by atoms with Crippen LogP contribution in [-0.4, -0.2) is 34.6 Å². The van der Waals surface area contributed by atoms with E-state index in [1.807, 2.05) is 0 Å². The van der Waals surface area contributed by atoms with Crippen molar-refractivity contribution >= 4 is 5.97 Å². The number of fused-ring (bicyclic) bond motifs is 2. The normalized spacial score (nSPS) is 28.9. The van der Waals surface area contributed by atoms with Crippen LogP contribution in [0.5, 0.6) is 0 Å². The second-order valence-electron chi connectivity index (χ2n) is 6.16. The maximum atomic E-state index is 11.2. The molecule has 20 heavy (non-hydrogen) atoms. The molecule has 2 fully saturated rings. The predicted octanol–water partition coefficient (Wildman–Crippen LogP) is 2.95. The minimum Gasteiger partial charge on any atom is -0.481 e. The lowest BCUT2D eigenvalue weighted by Gasteiger charge is -2.22. The van der Waals surface area contributed by atoms with Gasteiger partial charge in [0.05, 0.1) is 5.92 Å². The number of hydrogen-bond acceptors (Lipinski definition) is 2. The molecule has 1 aromatic rings. The number of carboxylic acids is 1. The average molecular weight is 273 g/mol. The molecule has 2 aliphatic heterocycles. The number of carbonyl (C=O) groups is 1. The molecule has 2 saturated heterocycles. The summed E-state index contributed by atoms with van der Waals surface area (Å²) in [6, 6.07) is 11.4. The van der Waals surface area contributed by atoms with Crippen molar-refractivity contribution in [3.05, 3.63) is 35.9 Å². The van der Waals surface area contributed by atoms with Gasteiger partial charge in [0.25, 0.3) is 0 Å². The van der Waals surface area contributed by atoms with Crippen molar-refractivity contribution in [2.75, 3.05) is 6.54 Å². The Labute approximate surface area is 120 Å². The van der Waals surface area contributed by atoms with E-state index in [4.69, 9.17) is 0 Å². The molecule has 2 aliphatic rings. The SMILES string of the molecule is O=C(O)C1CC2CCC1N2CCCCc1ccccc1. The molecule has 0 aromatic heterocycles. The summed E-state index contributed by atoms with van der Waals surface area (Å²) in [5.74, 6) is -0.700. The van der Waals surface area contributed by atoms with Gasteiger partial charge in [-0.05, 0) is 50.6 Å². The van der Waals surface area contributed by atoms with E-state index in [2.05, 4.69) is 35.2 Å². The molecule has 3 rings (SSSR count). The molecule has 0 radical (unpaired) electrons. The Morgan fingerprint density at radius 1 is 1.20 bits per heavy atom. The highest BCUT2D eigenvalue weighted by atomic mass is 16.4. The van der Waals surface area contributed by atoms with Crippen LogP contribution < -0.4 is 0 Å². The van der Waals surface area contributed by atoms with Crippen LogP contribution in [0.15, 0.2) is 30.3 Å². The van der Waals surface area contributed by atoms with Gasteiger partial charge in [-0.1, -0.05) is 30.3 Å². The maximum absolute atomic E-state index is 11.2. The fraction of sp³-hybridized carbons (Fsp3) is 0.588. The molecule has 0 aliphatic carbocycles. The van der Waals surface area contributed by atoms with Gasteiger partial charge >= 0.3 is 5.97 Å². The summed E-state index contributed by atoms with van der Waals surface area (Å²) in [5.41, 5.74) is 1.40. The number of nitrogens with zero attached hydrogens (tertiary/aromatic N) is 1. The zero-order chi connectivity index (χ0) is 13.9. The van der Waals surface area contributed by atoms with Crippen molar-refractivity contribution in [3.63, 3.8) is 0 Å². The van der Waals surface area contributed by atoms with E-state index < -0.39 is 5.97 Å². The first kappa shape index (κ1) is 13.6. The summed E-state index contributed by atoms with van der Waals surface area (Å²) < 4.78 is 0. The quantitative estimate of drug-likeness (QED) is 0.810. The molecule has 0 spiro atoms. The zero-order valence-corrected chi connectivity index (χ0v) is 11.9. The number of carboxylic acid groups (broad SMARTS) is 1. The number of rotatable bonds is 6. The van der Waals surface area contributed by atoms with Gasteiger partial charge in [0.2, 0.25) is 0 Å². The predicted molar refractivity (Wildman–Crippen MR) is 78.6 cm³/mol. The van der Waals surface area contributed by atoms with E-state index in [-0.39, 0.29) is 5.92 Å². The molecule has 0 amide bonds. The van der Waals surface area contributed by atoms with Gasteiger partial charge in [0.1, 0.15) is 0 Å². The van der Waals surface area contributed by atoms with E-state index in [0.29, 0.717) is 12.1 Å². The molecular formula is C17H23NO2. The molecule has 108 valence electrons. The van der Waals surface area contributed by atoms with Crippen LogP contribution in [0.4, 0.5) is 0 Å². The lowest BCUT2D eigenvalue weighted by molar-refractivity contribution is -0.142. The fourth-order valence-electron chi connectivity index (χ4n) is 3.98. The third-order valence-electron chi connectivity index (χ3n) is 4.97. The summed E-state index contributed by atoms with van der Waals surface area (Å²) in [7, 11) is 0. The van der Waals surface area contributed by atoms with E-state index in [1.54, 1.807) is 0 Å². The molecule has 3 nitrogen and oxygen atoms in total. The molecule has 3 unspecified atom stereocenters. The number of benzene rings is 1. The lowest BCUT2D eigenvalue weighted by atomic mass is 9.89. The topological polar surface area (TPSA) is 40.5 Å². The van der Waals surface area contributed by atoms with Crippen molar-refractivity contribution in [3.8, 4) is 0 Å². The van der Waals surface area contributed by atoms with Gasteiger partial charge in [-0.25, -0.2) is 0 Å². The van der Waals surface area contributed by atoms with E-state index in [9.17, 15) is 9.90 Å². The first-order chi connectivity index (χ1) is 9.75. The highest BCUT2D eigenvalue weighted by molar-refractivity contribution is 5.71.